The fourth-order valence-electron chi connectivity index (χ4n) is 6.04. The zero-order valence-corrected chi connectivity index (χ0v) is 23.0. The second-order valence-corrected chi connectivity index (χ2v) is 13.1. The van der Waals surface area contributed by atoms with E-state index in [4.69, 9.17) is 4.74 Å². The third-order valence-electron chi connectivity index (χ3n) is 8.11. The number of ether oxygens (including phenoxy) is 1. The molecule has 196 valence electrons. The Morgan fingerprint density at radius 3 is 2.73 bits per heavy atom. The van der Waals surface area contributed by atoms with Crippen LogP contribution in [0, 0.1) is 5.82 Å². The van der Waals surface area contributed by atoms with Crippen LogP contribution >= 0.6 is 7.92 Å². The van der Waals surface area contributed by atoms with Crippen molar-refractivity contribution in [3.8, 4) is 0 Å². The first-order chi connectivity index (χ1) is 18.1. The average molecular weight is 519 g/mol. The molecule has 1 aliphatic carbocycles. The van der Waals surface area contributed by atoms with E-state index in [-0.39, 0.29) is 25.1 Å². The Balaban J connectivity index is 1.13. The van der Waals surface area contributed by atoms with Crippen LogP contribution in [0.3, 0.4) is 0 Å². The van der Waals surface area contributed by atoms with Crippen molar-refractivity contribution in [3.05, 3.63) is 102 Å². The van der Waals surface area contributed by atoms with Crippen LogP contribution in [0.15, 0.2) is 96.5 Å². The van der Waals surface area contributed by atoms with Gasteiger partial charge in [0.2, 0.25) is 0 Å². The van der Waals surface area contributed by atoms with Gasteiger partial charge in [-0.25, -0.2) is 4.39 Å². The van der Waals surface area contributed by atoms with Gasteiger partial charge in [-0.15, -0.1) is 0 Å². The Morgan fingerprint density at radius 2 is 1.97 bits per heavy atom. The second-order valence-electron chi connectivity index (χ2n) is 10.4. The van der Waals surface area contributed by atoms with Gasteiger partial charge in [-0.05, 0) is 88.4 Å². The summed E-state index contributed by atoms with van der Waals surface area (Å²) >= 11 is 0. The van der Waals surface area contributed by atoms with Crippen LogP contribution in [0.5, 0.6) is 0 Å². The number of piperidine rings is 1. The molecule has 0 amide bonds. The number of halogens is 1. The van der Waals surface area contributed by atoms with Crippen molar-refractivity contribution in [2.45, 2.75) is 62.5 Å². The van der Waals surface area contributed by atoms with E-state index >= 15 is 0 Å². The van der Waals surface area contributed by atoms with Gasteiger partial charge < -0.3 is 14.5 Å². The standard InChI is InChI=1S/C32H40FN2OP/c1-3-5-13-31-25-36-32(37(31)4-2)18-21-34(22-19-32)20-9-8-11-27-24-35(29-16-14-28(33)15-17-29)30-12-7-6-10-26(27)23-30/h4-7,10,12-17,23-24,30-31H,2-3,8-9,11,18-22,25H2,1H3/b13-5-. The van der Waals surface area contributed by atoms with Crippen molar-refractivity contribution in [2.75, 3.05) is 31.1 Å². The topological polar surface area (TPSA) is 15.7 Å². The fraction of sp³-hybridized carbons (Fsp3) is 0.438. The van der Waals surface area contributed by atoms with Crippen molar-refractivity contribution in [1.82, 2.24) is 4.90 Å². The van der Waals surface area contributed by atoms with Gasteiger partial charge in [0.05, 0.1) is 18.0 Å². The first-order valence-electron chi connectivity index (χ1n) is 13.9. The van der Waals surface area contributed by atoms with Gasteiger partial charge in [0.25, 0.3) is 0 Å². The minimum Gasteiger partial charge on any atom is -0.369 e. The monoisotopic (exact) mass is 518 g/mol. The van der Waals surface area contributed by atoms with Gasteiger partial charge in [-0.3, -0.25) is 0 Å². The third-order valence-corrected chi connectivity index (χ3v) is 11.1. The number of fused-ring (bicyclic) bond motifs is 1. The molecule has 5 heteroatoms. The molecule has 1 spiro atoms. The summed E-state index contributed by atoms with van der Waals surface area (Å²) in [6, 6.07) is 6.98. The molecule has 0 aromatic heterocycles. The molecule has 3 heterocycles. The molecule has 2 bridgehead atoms. The van der Waals surface area contributed by atoms with Crippen LogP contribution in [0.4, 0.5) is 10.1 Å². The van der Waals surface area contributed by atoms with E-state index in [1.165, 1.54) is 17.6 Å². The lowest BCUT2D eigenvalue weighted by Crippen LogP contribution is -2.43. The lowest BCUT2D eigenvalue weighted by molar-refractivity contribution is -0.00336. The molecule has 3 unspecified atom stereocenters. The normalized spacial score (nSPS) is 27.0. The molecule has 3 nitrogen and oxygen atoms in total. The fourth-order valence-corrected chi connectivity index (χ4v) is 8.73. The molecule has 2 saturated heterocycles. The Hall–Kier alpha value is -2.26. The van der Waals surface area contributed by atoms with E-state index in [9.17, 15) is 4.39 Å². The van der Waals surface area contributed by atoms with Gasteiger partial charge >= 0.3 is 0 Å². The van der Waals surface area contributed by atoms with Crippen LogP contribution in [0.2, 0.25) is 0 Å². The lowest BCUT2D eigenvalue weighted by atomic mass is 9.95. The number of likely N-dealkylation sites (tertiary alicyclic amines) is 1. The Morgan fingerprint density at radius 1 is 1.16 bits per heavy atom. The number of hydrogen-bond acceptors (Lipinski definition) is 3. The highest BCUT2D eigenvalue weighted by molar-refractivity contribution is 7.63. The largest absolute Gasteiger partial charge is 0.369 e. The van der Waals surface area contributed by atoms with Crippen LogP contribution < -0.4 is 4.90 Å². The van der Waals surface area contributed by atoms with Crippen molar-refractivity contribution < 1.29 is 9.13 Å². The average Bonchev–Trinajstić information content (AvgIpc) is 3.11. The van der Waals surface area contributed by atoms with E-state index in [2.05, 4.69) is 77.9 Å². The van der Waals surface area contributed by atoms with Crippen LogP contribution in [0.25, 0.3) is 0 Å². The smallest absolute Gasteiger partial charge is 0.123 e. The Kier molecular flexibility index (Phi) is 8.60. The number of nitrogens with zero attached hydrogens (tertiary/aromatic N) is 2. The maximum atomic E-state index is 13.5. The third kappa shape index (κ3) is 5.93. The summed E-state index contributed by atoms with van der Waals surface area (Å²) < 4.78 is 20.0. The zero-order valence-electron chi connectivity index (χ0n) is 22.1. The maximum Gasteiger partial charge on any atom is 0.123 e. The highest BCUT2D eigenvalue weighted by Gasteiger charge is 2.48. The molecule has 0 radical (unpaired) electrons. The summed E-state index contributed by atoms with van der Waals surface area (Å²) in [6.07, 6.45) is 24.7. The summed E-state index contributed by atoms with van der Waals surface area (Å²) in [7, 11) is -0.320. The summed E-state index contributed by atoms with van der Waals surface area (Å²) in [4.78, 5) is 4.89. The maximum absolute atomic E-state index is 13.5. The van der Waals surface area contributed by atoms with Gasteiger partial charge in [-0.1, -0.05) is 61.9 Å². The van der Waals surface area contributed by atoms with E-state index in [0.29, 0.717) is 5.66 Å². The predicted molar refractivity (Wildman–Crippen MR) is 156 cm³/mol. The first-order valence-corrected chi connectivity index (χ1v) is 15.4. The van der Waals surface area contributed by atoms with E-state index < -0.39 is 0 Å². The predicted octanol–water partition coefficient (Wildman–Crippen LogP) is 7.90. The number of benzene rings is 1. The molecular weight excluding hydrogens is 478 g/mol. The molecule has 0 N–H and O–H groups in total. The number of anilines is 1. The van der Waals surface area contributed by atoms with Crippen molar-refractivity contribution in [3.63, 3.8) is 0 Å². The minimum atomic E-state index is -0.320. The minimum absolute atomic E-state index is 0.0515. The van der Waals surface area contributed by atoms with E-state index in [1.807, 2.05) is 12.1 Å². The Labute approximate surface area is 223 Å². The van der Waals surface area contributed by atoms with E-state index in [0.717, 1.165) is 64.0 Å². The highest BCUT2D eigenvalue weighted by Crippen LogP contribution is 2.64. The van der Waals surface area contributed by atoms with Crippen LogP contribution in [-0.4, -0.2) is 48.2 Å². The van der Waals surface area contributed by atoms with Crippen LogP contribution in [-0.2, 0) is 4.74 Å². The summed E-state index contributed by atoms with van der Waals surface area (Å²) in [5.74, 6) is 2.02. The summed E-state index contributed by atoms with van der Waals surface area (Å²) in [5.41, 5.74) is 4.24. The zero-order chi connectivity index (χ0) is 25.7. The van der Waals surface area contributed by atoms with Gasteiger partial charge in [0.1, 0.15) is 5.82 Å². The molecule has 3 atom stereocenters. The SMILES string of the molecule is C=CP1C(/C=C\CC)COC12CCN(CCCCC1=CN(c3ccc(F)cc3)C3C=CC=CC1=C3)CC2. The Bertz CT molecular complexity index is 1090. The van der Waals surface area contributed by atoms with Gasteiger partial charge in [0, 0.05) is 30.6 Å². The number of allylic oxidation sites excluding steroid dienone is 6. The molecule has 5 rings (SSSR count). The molecule has 37 heavy (non-hydrogen) atoms. The highest BCUT2D eigenvalue weighted by atomic mass is 31.1. The second kappa shape index (κ2) is 12.1. The van der Waals surface area contributed by atoms with Gasteiger partial charge in [-0.2, -0.15) is 0 Å². The molecule has 2 fully saturated rings. The quantitative estimate of drug-likeness (QED) is 0.188. The van der Waals surface area contributed by atoms with E-state index in [1.54, 1.807) is 12.1 Å². The molecule has 4 aliphatic rings. The van der Waals surface area contributed by atoms with Crippen molar-refractivity contribution in [2.24, 2.45) is 0 Å². The lowest BCUT2D eigenvalue weighted by Gasteiger charge is -2.42. The molecule has 1 aromatic rings. The summed E-state index contributed by atoms with van der Waals surface area (Å²) in [6.45, 7) is 10.6. The molecule has 0 saturated carbocycles. The van der Waals surface area contributed by atoms with Gasteiger partial charge in [0.15, 0.2) is 0 Å². The molecule has 1 aromatic carbocycles. The number of unbranched alkanes of at least 4 members (excludes halogenated alkanes) is 1. The molecule has 3 aliphatic heterocycles. The van der Waals surface area contributed by atoms with Crippen LogP contribution in [0.1, 0.15) is 45.4 Å². The molecular formula is C32H40FN2OP. The number of hydrogen-bond donors (Lipinski definition) is 0. The summed E-state index contributed by atoms with van der Waals surface area (Å²) in [5, 5.41) is 0.0515. The first kappa shape index (κ1) is 26.4. The number of rotatable bonds is 9. The van der Waals surface area contributed by atoms with Crippen molar-refractivity contribution >= 4 is 13.6 Å². The van der Waals surface area contributed by atoms with Crippen molar-refractivity contribution in [1.29, 1.82) is 0 Å².